The van der Waals surface area contributed by atoms with E-state index < -0.39 is 0 Å². The molecule has 0 saturated heterocycles. The van der Waals surface area contributed by atoms with E-state index in [4.69, 9.17) is 5.41 Å². The van der Waals surface area contributed by atoms with Gasteiger partial charge >= 0.3 is 0 Å². The van der Waals surface area contributed by atoms with Crippen molar-refractivity contribution in [3.63, 3.8) is 0 Å². The van der Waals surface area contributed by atoms with Gasteiger partial charge in [0, 0.05) is 29.7 Å². The van der Waals surface area contributed by atoms with Gasteiger partial charge in [-0.05, 0) is 55.0 Å². The third-order valence-corrected chi connectivity index (χ3v) is 3.61. The molecule has 0 aromatic heterocycles. The third-order valence-electron chi connectivity index (χ3n) is 3.61. The summed E-state index contributed by atoms with van der Waals surface area (Å²) in [5.74, 6) is -0.423. The number of nitrogens with one attached hydrogen (secondary N) is 5. The summed E-state index contributed by atoms with van der Waals surface area (Å²) < 4.78 is 0. The average molecular weight is 351 g/mol. The lowest BCUT2D eigenvalue weighted by atomic mass is 10.1. The monoisotopic (exact) mass is 351 g/mol. The molecule has 0 saturated carbocycles. The van der Waals surface area contributed by atoms with E-state index in [0.29, 0.717) is 16.9 Å². The Morgan fingerprint density at radius 3 is 2.27 bits per heavy atom. The van der Waals surface area contributed by atoms with Gasteiger partial charge in [-0.25, -0.2) is 0 Å². The van der Waals surface area contributed by atoms with Gasteiger partial charge in [0.25, 0.3) is 5.91 Å². The topological polar surface area (TPSA) is 106 Å². The fraction of sp³-hybridized carbons (Fsp3) is 0.105. The second-order valence-corrected chi connectivity index (χ2v) is 5.50. The van der Waals surface area contributed by atoms with Crippen LogP contribution in [0.25, 0.3) is 0 Å². The first-order valence-corrected chi connectivity index (χ1v) is 7.91. The molecule has 0 spiro atoms. The number of benzene rings is 2. The Morgan fingerprint density at radius 2 is 1.65 bits per heavy atom. The Hall–Kier alpha value is -3.61. The van der Waals surface area contributed by atoms with Crippen LogP contribution in [-0.4, -0.2) is 24.8 Å². The molecule has 2 aromatic rings. The summed E-state index contributed by atoms with van der Waals surface area (Å²) >= 11 is 0. The van der Waals surface area contributed by atoms with Crippen molar-refractivity contribution < 1.29 is 9.59 Å². The maximum absolute atomic E-state index is 12.4. The smallest absolute Gasteiger partial charge is 0.255 e. The molecular weight excluding hydrogens is 330 g/mol. The third kappa shape index (κ3) is 4.94. The summed E-state index contributed by atoms with van der Waals surface area (Å²) in [5, 5.41) is 18.7. The van der Waals surface area contributed by atoms with E-state index in [-0.39, 0.29) is 17.8 Å². The zero-order valence-electron chi connectivity index (χ0n) is 14.6. The molecule has 0 aliphatic carbocycles. The van der Waals surface area contributed by atoms with Crippen LogP contribution in [0.15, 0.2) is 55.1 Å². The maximum atomic E-state index is 12.4. The Balaban J connectivity index is 2.09. The van der Waals surface area contributed by atoms with E-state index >= 15 is 0 Å². The largest absolute Gasteiger partial charge is 0.359 e. The van der Waals surface area contributed by atoms with Crippen molar-refractivity contribution in [3.05, 3.63) is 66.2 Å². The molecule has 7 nitrogen and oxygen atoms in total. The summed E-state index contributed by atoms with van der Waals surface area (Å²) in [4.78, 5) is 23.7. The van der Waals surface area contributed by atoms with Crippen LogP contribution in [0.1, 0.15) is 15.9 Å². The number of amides is 2. The number of carbonyl (C=O) groups excluding carboxylic acids is 2. The van der Waals surface area contributed by atoms with Crippen LogP contribution in [0.2, 0.25) is 0 Å². The number of hydrogen-bond donors (Lipinski definition) is 5. The molecule has 5 N–H and O–H groups in total. The minimum absolute atomic E-state index is 0.161. The summed E-state index contributed by atoms with van der Waals surface area (Å²) in [6, 6.07) is 11.9. The van der Waals surface area contributed by atoms with Gasteiger partial charge in [-0.1, -0.05) is 12.6 Å². The summed E-state index contributed by atoms with van der Waals surface area (Å²) in [6.45, 7) is 5.30. The molecule has 2 amide bonds. The number of aryl methyl sites for hydroxylation is 1. The van der Waals surface area contributed by atoms with E-state index in [9.17, 15) is 9.59 Å². The fourth-order valence-electron chi connectivity index (χ4n) is 2.13. The van der Waals surface area contributed by atoms with Crippen LogP contribution in [0.3, 0.4) is 0 Å². The van der Waals surface area contributed by atoms with Gasteiger partial charge in [0.1, 0.15) is 0 Å². The molecule has 2 aromatic carbocycles. The molecule has 0 aliphatic rings. The van der Waals surface area contributed by atoms with Crippen molar-refractivity contribution in [3.8, 4) is 0 Å². The Labute approximate surface area is 152 Å². The number of anilines is 3. The van der Waals surface area contributed by atoms with Gasteiger partial charge < -0.3 is 21.3 Å². The Bertz CT molecular complexity index is 844. The SMILES string of the molecule is C=CC(=O)Nc1ccc(C(=O)Nc2ccc(C)c(NC(=N)NC)c2)cc1. The molecule has 134 valence electrons. The van der Waals surface area contributed by atoms with Crippen molar-refractivity contribution >= 4 is 34.8 Å². The first-order valence-electron chi connectivity index (χ1n) is 7.91. The molecule has 0 heterocycles. The second kappa shape index (κ2) is 8.48. The van der Waals surface area contributed by atoms with Crippen molar-refractivity contribution in [1.29, 1.82) is 5.41 Å². The first-order chi connectivity index (χ1) is 12.4. The highest BCUT2D eigenvalue weighted by Crippen LogP contribution is 2.21. The van der Waals surface area contributed by atoms with Crippen molar-refractivity contribution in [2.75, 3.05) is 23.0 Å². The lowest BCUT2D eigenvalue weighted by Crippen LogP contribution is -2.26. The first kappa shape index (κ1) is 18.7. The van der Waals surface area contributed by atoms with E-state index in [1.165, 1.54) is 6.08 Å². The molecule has 7 heteroatoms. The predicted octanol–water partition coefficient (Wildman–Crippen LogP) is 2.94. The second-order valence-electron chi connectivity index (χ2n) is 5.50. The molecule has 0 atom stereocenters. The van der Waals surface area contributed by atoms with E-state index in [1.807, 2.05) is 13.0 Å². The number of hydrogen-bond acceptors (Lipinski definition) is 3. The lowest BCUT2D eigenvalue weighted by molar-refractivity contribution is -0.111. The normalized spacial score (nSPS) is 9.77. The Kier molecular flexibility index (Phi) is 6.10. The van der Waals surface area contributed by atoms with Crippen LogP contribution in [0, 0.1) is 12.3 Å². The quantitative estimate of drug-likeness (QED) is 0.324. The van der Waals surface area contributed by atoms with Gasteiger partial charge in [0.15, 0.2) is 5.96 Å². The van der Waals surface area contributed by atoms with Gasteiger partial charge in [-0.2, -0.15) is 0 Å². The highest BCUT2D eigenvalue weighted by Gasteiger charge is 2.08. The number of carbonyl (C=O) groups is 2. The van der Waals surface area contributed by atoms with Crippen LogP contribution in [0.5, 0.6) is 0 Å². The highest BCUT2D eigenvalue weighted by molar-refractivity contribution is 6.05. The molecule has 0 aliphatic heterocycles. The molecule has 26 heavy (non-hydrogen) atoms. The Morgan fingerprint density at radius 1 is 1.00 bits per heavy atom. The minimum Gasteiger partial charge on any atom is -0.359 e. The molecule has 0 radical (unpaired) electrons. The maximum Gasteiger partial charge on any atom is 0.255 e. The van der Waals surface area contributed by atoms with Crippen LogP contribution >= 0.6 is 0 Å². The van der Waals surface area contributed by atoms with E-state index in [2.05, 4.69) is 27.8 Å². The zero-order valence-corrected chi connectivity index (χ0v) is 14.6. The summed E-state index contributed by atoms with van der Waals surface area (Å²) in [5.41, 5.74) is 3.32. The average Bonchev–Trinajstić information content (AvgIpc) is 2.64. The summed E-state index contributed by atoms with van der Waals surface area (Å²) in [6.07, 6.45) is 1.18. The fourth-order valence-corrected chi connectivity index (χ4v) is 2.13. The summed E-state index contributed by atoms with van der Waals surface area (Å²) in [7, 11) is 1.65. The zero-order chi connectivity index (χ0) is 19.1. The van der Waals surface area contributed by atoms with Gasteiger partial charge in [-0.3, -0.25) is 15.0 Å². The van der Waals surface area contributed by atoms with E-state index in [1.54, 1.807) is 43.4 Å². The number of guanidine groups is 1. The van der Waals surface area contributed by atoms with Crippen LogP contribution in [-0.2, 0) is 4.79 Å². The predicted molar refractivity (Wildman–Crippen MR) is 105 cm³/mol. The minimum atomic E-state index is -0.311. The molecule has 0 bridgehead atoms. The standard InChI is InChI=1S/C19H21N5O2/c1-4-17(25)22-14-9-6-13(7-10-14)18(26)23-15-8-5-12(2)16(11-15)24-19(20)21-3/h4-11H,1H2,2-3H3,(H,22,25)(H,23,26)(H3,20,21,24). The van der Waals surface area contributed by atoms with Crippen LogP contribution < -0.4 is 21.3 Å². The molecular formula is C19H21N5O2. The van der Waals surface area contributed by atoms with Crippen molar-refractivity contribution in [2.24, 2.45) is 0 Å². The lowest BCUT2D eigenvalue weighted by Gasteiger charge is -2.13. The van der Waals surface area contributed by atoms with Crippen LogP contribution in [0.4, 0.5) is 17.1 Å². The molecule has 0 unspecified atom stereocenters. The number of rotatable bonds is 5. The molecule has 0 fully saturated rings. The molecule has 2 rings (SSSR count). The van der Waals surface area contributed by atoms with Gasteiger partial charge in [0.2, 0.25) is 5.91 Å². The van der Waals surface area contributed by atoms with Gasteiger partial charge in [0.05, 0.1) is 0 Å². The van der Waals surface area contributed by atoms with Gasteiger partial charge in [-0.15, -0.1) is 0 Å². The van der Waals surface area contributed by atoms with Crippen molar-refractivity contribution in [1.82, 2.24) is 5.32 Å². The highest BCUT2D eigenvalue weighted by atomic mass is 16.2. The van der Waals surface area contributed by atoms with E-state index in [0.717, 1.165) is 11.3 Å². The van der Waals surface area contributed by atoms with Crippen molar-refractivity contribution in [2.45, 2.75) is 6.92 Å².